The van der Waals surface area contributed by atoms with Crippen molar-refractivity contribution in [1.29, 1.82) is 0 Å². The highest BCUT2D eigenvalue weighted by molar-refractivity contribution is 5.26. The van der Waals surface area contributed by atoms with E-state index < -0.39 is 0 Å². The van der Waals surface area contributed by atoms with Gasteiger partial charge in [-0.25, -0.2) is 0 Å². The summed E-state index contributed by atoms with van der Waals surface area (Å²) in [7, 11) is 0. The van der Waals surface area contributed by atoms with E-state index in [4.69, 9.17) is 10.5 Å². The number of nitrogens with two attached hydrogens (primary N) is 1. The van der Waals surface area contributed by atoms with Crippen LogP contribution in [-0.4, -0.2) is 12.6 Å². The maximum atomic E-state index is 5.91. The standard InChI is InChI=1S/C13H19NO/c1-10-2-5-12(6-3-10)15-13-7-4-11(8-13)9-14/h2-3,5-6,11,13H,4,7-9,14H2,1H3. The van der Waals surface area contributed by atoms with Gasteiger partial charge in [0.15, 0.2) is 0 Å². The molecule has 0 amide bonds. The average Bonchev–Trinajstić information content (AvgIpc) is 2.69. The first-order chi connectivity index (χ1) is 7.28. The van der Waals surface area contributed by atoms with Gasteiger partial charge >= 0.3 is 0 Å². The van der Waals surface area contributed by atoms with E-state index in [1.54, 1.807) is 0 Å². The molecule has 2 N–H and O–H groups in total. The highest BCUT2D eigenvalue weighted by Gasteiger charge is 2.24. The zero-order valence-corrected chi connectivity index (χ0v) is 9.28. The van der Waals surface area contributed by atoms with Crippen LogP contribution >= 0.6 is 0 Å². The van der Waals surface area contributed by atoms with Crippen LogP contribution in [0.5, 0.6) is 5.75 Å². The summed E-state index contributed by atoms with van der Waals surface area (Å²) < 4.78 is 5.91. The Morgan fingerprint density at radius 1 is 1.27 bits per heavy atom. The second kappa shape index (κ2) is 4.67. The van der Waals surface area contributed by atoms with Crippen LogP contribution in [0.25, 0.3) is 0 Å². The summed E-state index contributed by atoms with van der Waals surface area (Å²) >= 11 is 0. The van der Waals surface area contributed by atoms with Crippen LogP contribution < -0.4 is 10.5 Å². The smallest absolute Gasteiger partial charge is 0.119 e. The normalized spacial score (nSPS) is 25.5. The largest absolute Gasteiger partial charge is 0.490 e. The maximum absolute atomic E-state index is 5.91. The third kappa shape index (κ3) is 2.72. The Balaban J connectivity index is 1.90. The zero-order chi connectivity index (χ0) is 10.7. The molecule has 0 aromatic heterocycles. The highest BCUT2D eigenvalue weighted by atomic mass is 16.5. The van der Waals surface area contributed by atoms with Crippen LogP contribution in [-0.2, 0) is 0 Å². The number of rotatable bonds is 3. The van der Waals surface area contributed by atoms with Crippen LogP contribution in [0, 0.1) is 12.8 Å². The Kier molecular flexibility index (Phi) is 3.27. The number of benzene rings is 1. The molecule has 0 radical (unpaired) electrons. The van der Waals surface area contributed by atoms with Crippen molar-refractivity contribution in [1.82, 2.24) is 0 Å². The molecule has 2 heteroatoms. The molecule has 1 aromatic rings. The van der Waals surface area contributed by atoms with E-state index >= 15 is 0 Å². The zero-order valence-electron chi connectivity index (χ0n) is 9.28. The van der Waals surface area contributed by atoms with Crippen molar-refractivity contribution in [3.8, 4) is 5.75 Å². The van der Waals surface area contributed by atoms with E-state index in [0.29, 0.717) is 12.0 Å². The number of ether oxygens (including phenoxy) is 1. The van der Waals surface area contributed by atoms with Gasteiger partial charge in [-0.2, -0.15) is 0 Å². The van der Waals surface area contributed by atoms with Crippen molar-refractivity contribution >= 4 is 0 Å². The lowest BCUT2D eigenvalue weighted by Gasteiger charge is -2.13. The summed E-state index contributed by atoms with van der Waals surface area (Å²) in [6.07, 6.45) is 3.86. The molecule has 15 heavy (non-hydrogen) atoms. The predicted octanol–water partition coefficient (Wildman–Crippen LogP) is 2.50. The molecule has 1 fully saturated rings. The molecule has 1 aliphatic carbocycles. The Morgan fingerprint density at radius 3 is 2.60 bits per heavy atom. The summed E-state index contributed by atoms with van der Waals surface area (Å²) in [5.74, 6) is 1.66. The molecule has 0 aliphatic heterocycles. The molecule has 2 atom stereocenters. The quantitative estimate of drug-likeness (QED) is 0.823. The van der Waals surface area contributed by atoms with E-state index in [2.05, 4.69) is 19.1 Å². The molecule has 1 saturated carbocycles. The summed E-state index contributed by atoms with van der Waals surface area (Å²) in [6.45, 7) is 2.89. The van der Waals surface area contributed by atoms with Crippen molar-refractivity contribution < 1.29 is 4.74 Å². The SMILES string of the molecule is Cc1ccc(OC2CCC(CN)C2)cc1. The monoisotopic (exact) mass is 205 g/mol. The summed E-state index contributed by atoms with van der Waals surface area (Å²) in [6, 6.07) is 8.27. The first-order valence-corrected chi connectivity index (χ1v) is 5.71. The first kappa shape index (κ1) is 10.5. The molecule has 0 saturated heterocycles. The Bertz CT molecular complexity index is 307. The fourth-order valence-electron chi connectivity index (χ4n) is 2.16. The van der Waals surface area contributed by atoms with Gasteiger partial charge in [0.2, 0.25) is 0 Å². The van der Waals surface area contributed by atoms with Crippen LogP contribution in [0.15, 0.2) is 24.3 Å². The van der Waals surface area contributed by atoms with Gasteiger partial charge in [0, 0.05) is 0 Å². The van der Waals surface area contributed by atoms with Crippen LogP contribution in [0.2, 0.25) is 0 Å². The molecule has 1 aliphatic rings. The van der Waals surface area contributed by atoms with Crippen molar-refractivity contribution in [2.75, 3.05) is 6.54 Å². The lowest BCUT2D eigenvalue weighted by Crippen LogP contribution is -2.15. The van der Waals surface area contributed by atoms with Gasteiger partial charge in [-0.1, -0.05) is 17.7 Å². The summed E-state index contributed by atoms with van der Waals surface area (Å²) in [5, 5.41) is 0. The van der Waals surface area contributed by atoms with E-state index in [1.807, 2.05) is 12.1 Å². The molecule has 1 aromatic carbocycles. The average molecular weight is 205 g/mol. The van der Waals surface area contributed by atoms with Crippen molar-refractivity contribution in [2.45, 2.75) is 32.3 Å². The number of hydrogen-bond acceptors (Lipinski definition) is 2. The molecule has 0 bridgehead atoms. The van der Waals surface area contributed by atoms with Gasteiger partial charge < -0.3 is 10.5 Å². The molecular weight excluding hydrogens is 186 g/mol. The molecular formula is C13H19NO. The molecule has 0 heterocycles. The molecule has 82 valence electrons. The topological polar surface area (TPSA) is 35.2 Å². The second-order valence-corrected chi connectivity index (χ2v) is 4.47. The van der Waals surface area contributed by atoms with Gasteiger partial charge in [-0.15, -0.1) is 0 Å². The summed E-state index contributed by atoms with van der Waals surface area (Å²) in [4.78, 5) is 0. The first-order valence-electron chi connectivity index (χ1n) is 5.71. The van der Waals surface area contributed by atoms with Crippen molar-refractivity contribution in [3.63, 3.8) is 0 Å². The Hall–Kier alpha value is -1.02. The molecule has 0 spiro atoms. The molecule has 2 unspecified atom stereocenters. The third-order valence-electron chi connectivity index (χ3n) is 3.15. The van der Waals surface area contributed by atoms with Crippen LogP contribution in [0.4, 0.5) is 0 Å². The second-order valence-electron chi connectivity index (χ2n) is 4.47. The lowest BCUT2D eigenvalue weighted by atomic mass is 10.1. The third-order valence-corrected chi connectivity index (χ3v) is 3.15. The lowest BCUT2D eigenvalue weighted by molar-refractivity contribution is 0.204. The maximum Gasteiger partial charge on any atom is 0.119 e. The van der Waals surface area contributed by atoms with Crippen LogP contribution in [0.3, 0.4) is 0 Å². The summed E-state index contributed by atoms with van der Waals surface area (Å²) in [5.41, 5.74) is 6.93. The van der Waals surface area contributed by atoms with Crippen LogP contribution in [0.1, 0.15) is 24.8 Å². The molecule has 2 nitrogen and oxygen atoms in total. The predicted molar refractivity (Wildman–Crippen MR) is 62.0 cm³/mol. The highest BCUT2D eigenvalue weighted by Crippen LogP contribution is 2.28. The number of aryl methyl sites for hydroxylation is 1. The van der Waals surface area contributed by atoms with Gasteiger partial charge in [-0.3, -0.25) is 0 Å². The Labute approximate surface area is 91.4 Å². The fraction of sp³-hybridized carbons (Fsp3) is 0.538. The van der Waals surface area contributed by atoms with E-state index in [9.17, 15) is 0 Å². The van der Waals surface area contributed by atoms with Gasteiger partial charge in [0.1, 0.15) is 5.75 Å². The number of hydrogen-bond donors (Lipinski definition) is 1. The minimum Gasteiger partial charge on any atom is -0.490 e. The van der Waals surface area contributed by atoms with Gasteiger partial charge in [0.25, 0.3) is 0 Å². The van der Waals surface area contributed by atoms with Crippen molar-refractivity contribution in [3.05, 3.63) is 29.8 Å². The van der Waals surface area contributed by atoms with E-state index in [1.165, 1.54) is 12.0 Å². The minimum atomic E-state index is 0.376. The Morgan fingerprint density at radius 2 is 2.00 bits per heavy atom. The fourth-order valence-corrected chi connectivity index (χ4v) is 2.16. The van der Waals surface area contributed by atoms with E-state index in [0.717, 1.165) is 25.1 Å². The van der Waals surface area contributed by atoms with Crippen molar-refractivity contribution in [2.24, 2.45) is 11.7 Å². The van der Waals surface area contributed by atoms with Gasteiger partial charge in [-0.05, 0) is 50.8 Å². The minimum absolute atomic E-state index is 0.376. The van der Waals surface area contributed by atoms with E-state index in [-0.39, 0.29) is 0 Å². The molecule has 2 rings (SSSR count). The van der Waals surface area contributed by atoms with Gasteiger partial charge in [0.05, 0.1) is 6.10 Å².